The van der Waals surface area contributed by atoms with Gasteiger partial charge in [0.25, 0.3) is 5.69 Å². The predicted octanol–water partition coefficient (Wildman–Crippen LogP) is 2.28. The van der Waals surface area contributed by atoms with E-state index in [0.29, 0.717) is 17.4 Å². The minimum absolute atomic E-state index is 0.218. The quantitative estimate of drug-likeness (QED) is 0.618. The van der Waals surface area contributed by atoms with Crippen molar-refractivity contribution in [1.82, 2.24) is 5.32 Å². The molecule has 108 valence electrons. The lowest BCUT2D eigenvalue weighted by Crippen LogP contribution is -2.24. The van der Waals surface area contributed by atoms with Crippen molar-refractivity contribution < 1.29 is 14.8 Å². The Balaban J connectivity index is 2.08. The molecule has 0 spiro atoms. The van der Waals surface area contributed by atoms with Crippen LogP contribution in [0.5, 0.6) is 0 Å². The number of hydrogen-bond acceptors (Lipinski definition) is 5. The normalized spacial score (nSPS) is 18.1. The largest absolute Gasteiger partial charge is 0.477 e. The smallest absolute Gasteiger partial charge is 0.343 e. The maximum absolute atomic E-state index is 11.2. The third-order valence-electron chi connectivity index (χ3n) is 3.25. The molecule has 1 heterocycles. The van der Waals surface area contributed by atoms with E-state index < -0.39 is 10.9 Å². The minimum atomic E-state index is -1.26. The second kappa shape index (κ2) is 6.71. The van der Waals surface area contributed by atoms with Crippen LogP contribution in [0, 0.1) is 10.1 Å². The van der Waals surface area contributed by atoms with Gasteiger partial charge in [-0.05, 0) is 24.2 Å². The lowest BCUT2D eigenvalue weighted by atomic mass is 10.1. The minimum Gasteiger partial charge on any atom is -0.477 e. The Morgan fingerprint density at radius 1 is 1.55 bits per heavy atom. The number of benzene rings is 1. The fraction of sp³-hybridized carbons (Fsp3) is 0.462. The number of thioether (sulfide) groups is 1. The molecular formula is C13H16N2O4S. The molecule has 1 aliphatic rings. The molecule has 1 aromatic carbocycles. The van der Waals surface area contributed by atoms with Gasteiger partial charge in [-0.15, -0.1) is 0 Å². The summed E-state index contributed by atoms with van der Waals surface area (Å²) in [5.74, 6) is -0.0897. The Morgan fingerprint density at radius 3 is 2.95 bits per heavy atom. The first-order valence-corrected chi connectivity index (χ1v) is 7.46. The first-order valence-electron chi connectivity index (χ1n) is 6.41. The van der Waals surface area contributed by atoms with Gasteiger partial charge in [-0.1, -0.05) is 12.1 Å². The fourth-order valence-electron chi connectivity index (χ4n) is 2.31. The molecule has 1 atom stereocenters. The van der Waals surface area contributed by atoms with Crippen LogP contribution in [0.4, 0.5) is 5.69 Å². The highest BCUT2D eigenvalue weighted by atomic mass is 32.2. The van der Waals surface area contributed by atoms with Crippen LogP contribution in [0.15, 0.2) is 18.2 Å². The van der Waals surface area contributed by atoms with Gasteiger partial charge in [0.05, 0.1) is 4.92 Å². The summed E-state index contributed by atoms with van der Waals surface area (Å²) < 4.78 is 0. The van der Waals surface area contributed by atoms with E-state index in [1.54, 1.807) is 6.07 Å². The first-order chi connectivity index (χ1) is 9.59. The van der Waals surface area contributed by atoms with E-state index in [1.165, 1.54) is 30.7 Å². The molecule has 1 aliphatic heterocycles. The van der Waals surface area contributed by atoms with Crippen molar-refractivity contribution in [3.63, 3.8) is 0 Å². The molecule has 6 nitrogen and oxygen atoms in total. The Labute approximate surface area is 120 Å². The number of nitro benzene ring substituents is 1. The maximum atomic E-state index is 11.2. The van der Waals surface area contributed by atoms with Gasteiger partial charge in [0.15, 0.2) is 0 Å². The standard InChI is InChI=1S/C13H16N2O4S/c16-13(17)12-9(3-1-5-11(12)15(18)19)7-14-8-10-4-2-6-20-10/h1,3,5,10,14H,2,4,6-8H2,(H,16,17). The summed E-state index contributed by atoms with van der Waals surface area (Å²) in [6, 6.07) is 4.36. The van der Waals surface area contributed by atoms with Crippen LogP contribution < -0.4 is 5.32 Å². The second-order valence-electron chi connectivity index (χ2n) is 4.64. The van der Waals surface area contributed by atoms with E-state index in [4.69, 9.17) is 5.11 Å². The van der Waals surface area contributed by atoms with Gasteiger partial charge in [-0.25, -0.2) is 4.79 Å². The third kappa shape index (κ3) is 3.49. The highest BCUT2D eigenvalue weighted by Gasteiger charge is 2.23. The third-order valence-corrected chi connectivity index (χ3v) is 4.65. The van der Waals surface area contributed by atoms with E-state index in [1.807, 2.05) is 11.8 Å². The molecule has 1 saturated heterocycles. The summed E-state index contributed by atoms with van der Waals surface area (Å²) in [4.78, 5) is 21.5. The van der Waals surface area contributed by atoms with Crippen molar-refractivity contribution in [1.29, 1.82) is 0 Å². The number of nitrogens with one attached hydrogen (secondary N) is 1. The van der Waals surface area contributed by atoms with Crippen LogP contribution in [0.25, 0.3) is 0 Å². The van der Waals surface area contributed by atoms with Gasteiger partial charge in [0.2, 0.25) is 0 Å². The van der Waals surface area contributed by atoms with Crippen molar-refractivity contribution in [3.05, 3.63) is 39.4 Å². The second-order valence-corrected chi connectivity index (χ2v) is 6.05. The highest BCUT2D eigenvalue weighted by Crippen LogP contribution is 2.26. The molecule has 2 N–H and O–H groups in total. The number of carboxylic acids is 1. The first kappa shape index (κ1) is 14.8. The summed E-state index contributed by atoms with van der Waals surface area (Å²) in [7, 11) is 0. The topological polar surface area (TPSA) is 92.5 Å². The summed E-state index contributed by atoms with van der Waals surface area (Å²) in [5, 5.41) is 23.8. The monoisotopic (exact) mass is 296 g/mol. The maximum Gasteiger partial charge on any atom is 0.343 e. The van der Waals surface area contributed by atoms with Crippen LogP contribution >= 0.6 is 11.8 Å². The van der Waals surface area contributed by atoms with Crippen molar-refractivity contribution in [2.24, 2.45) is 0 Å². The molecular weight excluding hydrogens is 280 g/mol. The van der Waals surface area contributed by atoms with Gasteiger partial charge in [-0.3, -0.25) is 10.1 Å². The molecule has 2 rings (SSSR count). The van der Waals surface area contributed by atoms with Crippen LogP contribution in [0.2, 0.25) is 0 Å². The number of hydrogen-bond donors (Lipinski definition) is 2. The van der Waals surface area contributed by atoms with E-state index in [0.717, 1.165) is 6.54 Å². The van der Waals surface area contributed by atoms with E-state index in [-0.39, 0.29) is 11.3 Å². The molecule has 7 heteroatoms. The Kier molecular flexibility index (Phi) is 4.97. The molecule has 0 radical (unpaired) electrons. The summed E-state index contributed by atoms with van der Waals surface area (Å²) in [5.41, 5.74) is -0.120. The fourth-order valence-corrected chi connectivity index (χ4v) is 3.54. The summed E-state index contributed by atoms with van der Waals surface area (Å²) in [6.07, 6.45) is 2.38. The van der Waals surface area contributed by atoms with Gasteiger partial charge < -0.3 is 10.4 Å². The van der Waals surface area contributed by atoms with Gasteiger partial charge in [-0.2, -0.15) is 11.8 Å². The molecule has 0 saturated carbocycles. The van der Waals surface area contributed by atoms with Crippen molar-refractivity contribution in [3.8, 4) is 0 Å². The van der Waals surface area contributed by atoms with Gasteiger partial charge in [0, 0.05) is 24.4 Å². The van der Waals surface area contributed by atoms with Crippen LogP contribution in [-0.2, 0) is 6.54 Å². The molecule has 0 aromatic heterocycles. The van der Waals surface area contributed by atoms with Crippen LogP contribution in [0.3, 0.4) is 0 Å². The molecule has 1 fully saturated rings. The number of carboxylic acid groups (broad SMARTS) is 1. The lowest BCUT2D eigenvalue weighted by Gasteiger charge is -2.11. The lowest BCUT2D eigenvalue weighted by molar-refractivity contribution is -0.385. The van der Waals surface area contributed by atoms with E-state index in [2.05, 4.69) is 5.32 Å². The van der Waals surface area contributed by atoms with Crippen LogP contribution in [0.1, 0.15) is 28.8 Å². The van der Waals surface area contributed by atoms with Crippen molar-refractivity contribution >= 4 is 23.4 Å². The Bertz CT molecular complexity index is 515. The molecule has 0 amide bonds. The predicted molar refractivity (Wildman–Crippen MR) is 77.2 cm³/mol. The number of nitro groups is 1. The zero-order chi connectivity index (χ0) is 14.5. The Hall–Kier alpha value is -1.60. The Morgan fingerprint density at radius 2 is 2.35 bits per heavy atom. The number of nitrogens with zero attached hydrogens (tertiary/aromatic N) is 1. The highest BCUT2D eigenvalue weighted by molar-refractivity contribution is 8.00. The molecule has 20 heavy (non-hydrogen) atoms. The molecule has 1 unspecified atom stereocenters. The summed E-state index contributed by atoms with van der Waals surface area (Å²) in [6.45, 7) is 1.13. The van der Waals surface area contributed by atoms with Crippen molar-refractivity contribution in [2.75, 3.05) is 12.3 Å². The van der Waals surface area contributed by atoms with E-state index in [9.17, 15) is 14.9 Å². The van der Waals surface area contributed by atoms with Crippen molar-refractivity contribution in [2.45, 2.75) is 24.6 Å². The molecule has 0 aliphatic carbocycles. The molecule has 1 aromatic rings. The van der Waals surface area contributed by atoms with Crippen LogP contribution in [-0.4, -0.2) is 33.5 Å². The summed E-state index contributed by atoms with van der Waals surface area (Å²) >= 11 is 1.91. The van der Waals surface area contributed by atoms with Gasteiger partial charge in [0.1, 0.15) is 5.56 Å². The SMILES string of the molecule is O=C(O)c1c(CNCC2CCCS2)cccc1[N+](=O)[O-]. The zero-order valence-electron chi connectivity index (χ0n) is 10.9. The number of carbonyl (C=O) groups is 1. The number of aromatic carboxylic acids is 1. The molecule has 0 bridgehead atoms. The average molecular weight is 296 g/mol. The van der Waals surface area contributed by atoms with Gasteiger partial charge >= 0.3 is 5.97 Å². The van der Waals surface area contributed by atoms with E-state index >= 15 is 0 Å². The average Bonchev–Trinajstić information content (AvgIpc) is 2.91. The number of rotatable bonds is 6. The zero-order valence-corrected chi connectivity index (χ0v) is 11.7.